The maximum Gasteiger partial charge on any atom is 2.00 e. The standard InChI is InChI=1S/C16H15O.V/c1-12-14-9-5-6-10-16(14)17-11-15(12)13-7-3-2-4-8-13;/h2-10,12,15H,1,11H2;/q-1;+2. The van der Waals surface area contributed by atoms with Crippen LogP contribution < -0.4 is 4.74 Å². The first-order valence-corrected chi connectivity index (χ1v) is 5.96. The van der Waals surface area contributed by atoms with Crippen LogP contribution in [0.2, 0.25) is 0 Å². The minimum absolute atomic E-state index is 0. The number of ether oxygens (including phenoxy) is 1. The van der Waals surface area contributed by atoms with Gasteiger partial charge in [-0.25, -0.2) is 0 Å². The van der Waals surface area contributed by atoms with Gasteiger partial charge in [0.2, 0.25) is 0 Å². The molecule has 0 N–H and O–H groups in total. The van der Waals surface area contributed by atoms with E-state index >= 15 is 0 Å². The molecule has 1 aliphatic rings. The van der Waals surface area contributed by atoms with Crippen LogP contribution in [0, 0.1) is 6.92 Å². The van der Waals surface area contributed by atoms with Gasteiger partial charge in [-0.15, -0.1) is 5.92 Å². The number of benzene rings is 2. The zero-order valence-corrected chi connectivity index (χ0v) is 11.5. The van der Waals surface area contributed by atoms with Crippen LogP contribution in [0.5, 0.6) is 5.75 Å². The second-order valence-corrected chi connectivity index (χ2v) is 4.47. The van der Waals surface area contributed by atoms with Crippen molar-refractivity contribution in [1.82, 2.24) is 0 Å². The van der Waals surface area contributed by atoms with Crippen molar-refractivity contribution >= 4 is 0 Å². The van der Waals surface area contributed by atoms with Crippen LogP contribution in [0.1, 0.15) is 23.0 Å². The van der Waals surface area contributed by atoms with Gasteiger partial charge in [-0.1, -0.05) is 48.5 Å². The van der Waals surface area contributed by atoms with Crippen molar-refractivity contribution in [2.45, 2.75) is 11.8 Å². The predicted octanol–water partition coefficient (Wildman–Crippen LogP) is 3.78. The molecule has 1 heterocycles. The van der Waals surface area contributed by atoms with Crippen LogP contribution in [-0.2, 0) is 18.6 Å². The SMILES string of the molecule is [CH2-]C1c2ccccc2OCC1c1ccccc1.[V+2]. The van der Waals surface area contributed by atoms with E-state index in [0.29, 0.717) is 5.92 Å². The zero-order chi connectivity index (χ0) is 11.7. The first-order chi connectivity index (χ1) is 8.36. The summed E-state index contributed by atoms with van der Waals surface area (Å²) in [5.74, 6) is 1.60. The molecule has 3 rings (SSSR count). The van der Waals surface area contributed by atoms with Gasteiger partial charge in [0.05, 0.1) is 6.61 Å². The average molecular weight is 274 g/mol. The number of hydrogen-bond donors (Lipinski definition) is 0. The Labute approximate surface area is 120 Å². The van der Waals surface area contributed by atoms with Crippen molar-refractivity contribution in [3.8, 4) is 5.75 Å². The van der Waals surface area contributed by atoms with Crippen molar-refractivity contribution in [2.24, 2.45) is 0 Å². The van der Waals surface area contributed by atoms with Crippen LogP contribution in [0.25, 0.3) is 0 Å². The molecule has 0 saturated carbocycles. The molecule has 0 aromatic heterocycles. The molecule has 0 bridgehead atoms. The average Bonchev–Trinajstić information content (AvgIpc) is 2.40. The maximum atomic E-state index is 5.82. The van der Waals surface area contributed by atoms with E-state index in [1.807, 2.05) is 24.3 Å². The molecule has 0 amide bonds. The molecule has 18 heavy (non-hydrogen) atoms. The molecule has 1 radical (unpaired) electrons. The summed E-state index contributed by atoms with van der Waals surface area (Å²) in [7, 11) is 0. The third-order valence-electron chi connectivity index (χ3n) is 3.45. The van der Waals surface area contributed by atoms with E-state index in [2.05, 4.69) is 37.3 Å². The first-order valence-electron chi connectivity index (χ1n) is 5.96. The summed E-state index contributed by atoms with van der Waals surface area (Å²) < 4.78 is 5.82. The van der Waals surface area contributed by atoms with Gasteiger partial charge in [0.25, 0.3) is 0 Å². The minimum Gasteiger partial charge on any atom is -0.493 e. The van der Waals surface area contributed by atoms with Gasteiger partial charge >= 0.3 is 18.6 Å². The minimum atomic E-state index is 0. The molecule has 0 saturated heterocycles. The summed E-state index contributed by atoms with van der Waals surface area (Å²) >= 11 is 0. The van der Waals surface area contributed by atoms with Crippen LogP contribution in [0.3, 0.4) is 0 Å². The normalized spacial score (nSPS) is 21.4. The molecule has 2 heteroatoms. The van der Waals surface area contributed by atoms with Gasteiger partial charge in [-0.05, 0) is 23.1 Å². The summed E-state index contributed by atoms with van der Waals surface area (Å²) in [5.41, 5.74) is 2.52. The maximum absolute atomic E-state index is 5.82. The quantitative estimate of drug-likeness (QED) is 0.719. The Hall–Kier alpha value is -1.18. The molecular weight excluding hydrogens is 259 g/mol. The molecule has 0 aliphatic carbocycles. The third kappa shape index (κ3) is 2.34. The zero-order valence-electron chi connectivity index (χ0n) is 10.1. The number of para-hydroxylation sites is 1. The largest absolute Gasteiger partial charge is 2.00 e. The van der Waals surface area contributed by atoms with E-state index in [4.69, 9.17) is 4.74 Å². The topological polar surface area (TPSA) is 9.23 Å². The number of rotatable bonds is 1. The summed E-state index contributed by atoms with van der Waals surface area (Å²) in [4.78, 5) is 0. The Bertz CT molecular complexity index is 510. The van der Waals surface area contributed by atoms with Crippen molar-refractivity contribution in [3.05, 3.63) is 72.6 Å². The summed E-state index contributed by atoms with van der Waals surface area (Å²) in [6, 6.07) is 18.7. The predicted molar refractivity (Wildman–Crippen MR) is 69.2 cm³/mol. The van der Waals surface area contributed by atoms with Gasteiger partial charge < -0.3 is 11.7 Å². The van der Waals surface area contributed by atoms with Gasteiger partial charge in [0, 0.05) is 0 Å². The fraction of sp³-hybridized carbons (Fsp3) is 0.188. The van der Waals surface area contributed by atoms with E-state index in [0.717, 1.165) is 12.4 Å². The Morgan fingerprint density at radius 1 is 0.944 bits per heavy atom. The molecule has 2 aromatic carbocycles. The second kappa shape index (κ2) is 5.64. The van der Waals surface area contributed by atoms with Crippen molar-refractivity contribution < 1.29 is 23.3 Å². The molecule has 2 atom stereocenters. The van der Waals surface area contributed by atoms with E-state index in [1.165, 1.54) is 11.1 Å². The van der Waals surface area contributed by atoms with E-state index in [9.17, 15) is 0 Å². The molecule has 0 fully saturated rings. The fourth-order valence-electron chi connectivity index (χ4n) is 2.46. The number of hydrogen-bond acceptors (Lipinski definition) is 1. The molecule has 1 aliphatic heterocycles. The van der Waals surface area contributed by atoms with E-state index in [1.54, 1.807) is 0 Å². The summed E-state index contributed by atoms with van der Waals surface area (Å²) in [6.07, 6.45) is 0. The van der Waals surface area contributed by atoms with Crippen LogP contribution in [0.4, 0.5) is 0 Å². The molecule has 1 nitrogen and oxygen atoms in total. The summed E-state index contributed by atoms with van der Waals surface area (Å²) in [6.45, 7) is 5.03. The van der Waals surface area contributed by atoms with E-state index in [-0.39, 0.29) is 24.5 Å². The Morgan fingerprint density at radius 2 is 1.61 bits per heavy atom. The van der Waals surface area contributed by atoms with Gasteiger partial charge in [0.1, 0.15) is 5.75 Å². The van der Waals surface area contributed by atoms with Crippen LogP contribution in [0.15, 0.2) is 54.6 Å². The molecule has 2 unspecified atom stereocenters. The molecule has 89 valence electrons. The summed E-state index contributed by atoms with van der Waals surface area (Å²) in [5, 5.41) is 0. The van der Waals surface area contributed by atoms with Crippen molar-refractivity contribution in [2.75, 3.05) is 6.61 Å². The Kier molecular flexibility index (Phi) is 4.16. The van der Waals surface area contributed by atoms with Gasteiger partial charge in [0.15, 0.2) is 0 Å². The molecular formula is C16H15OV+. The Morgan fingerprint density at radius 3 is 2.39 bits per heavy atom. The fourth-order valence-corrected chi connectivity index (χ4v) is 2.46. The monoisotopic (exact) mass is 274 g/mol. The van der Waals surface area contributed by atoms with Gasteiger partial charge in [-0.3, -0.25) is 0 Å². The van der Waals surface area contributed by atoms with E-state index < -0.39 is 0 Å². The number of fused-ring (bicyclic) bond motifs is 1. The second-order valence-electron chi connectivity index (χ2n) is 4.47. The van der Waals surface area contributed by atoms with Crippen LogP contribution in [-0.4, -0.2) is 6.61 Å². The first kappa shape index (κ1) is 13.3. The van der Waals surface area contributed by atoms with Crippen molar-refractivity contribution in [3.63, 3.8) is 0 Å². The van der Waals surface area contributed by atoms with Crippen molar-refractivity contribution in [1.29, 1.82) is 0 Å². The Balaban J connectivity index is 0.00000120. The van der Waals surface area contributed by atoms with Gasteiger partial charge in [-0.2, -0.15) is 0 Å². The van der Waals surface area contributed by atoms with Crippen LogP contribution >= 0.6 is 0 Å². The molecule has 2 aromatic rings. The molecule has 0 spiro atoms. The smallest absolute Gasteiger partial charge is 0.493 e. The third-order valence-corrected chi connectivity index (χ3v) is 3.45.